The van der Waals surface area contributed by atoms with Crippen LogP contribution in [0.4, 0.5) is 0 Å². The first-order valence-electron chi connectivity index (χ1n) is 13.5. The Bertz CT molecular complexity index is 1510. The predicted octanol–water partition coefficient (Wildman–Crippen LogP) is 6.13. The average Bonchev–Trinajstić information content (AvgIpc) is 3.65. The number of aromatic nitrogens is 2. The molecule has 4 aromatic rings. The van der Waals surface area contributed by atoms with Gasteiger partial charge in [-0.25, -0.2) is 4.98 Å². The van der Waals surface area contributed by atoms with Crippen LogP contribution in [-0.4, -0.2) is 34.4 Å². The molecule has 1 saturated heterocycles. The van der Waals surface area contributed by atoms with Gasteiger partial charge in [-0.15, -0.1) is 11.3 Å². The van der Waals surface area contributed by atoms with Gasteiger partial charge in [0.25, 0.3) is 5.91 Å². The zero-order valence-corrected chi connectivity index (χ0v) is 23.2. The third-order valence-corrected chi connectivity index (χ3v) is 9.45. The number of likely N-dealkylation sites (tertiary alicyclic amines) is 1. The zero-order chi connectivity index (χ0) is 27.0. The van der Waals surface area contributed by atoms with Gasteiger partial charge >= 0.3 is 0 Å². The van der Waals surface area contributed by atoms with Crippen LogP contribution < -0.4 is 10.1 Å². The fourth-order valence-corrected chi connectivity index (χ4v) is 7.14. The summed E-state index contributed by atoms with van der Waals surface area (Å²) < 4.78 is 5.86. The number of amides is 1. The standard InChI is InChI=1S/C31H33N5O2S/c1-20-13-27(38-2)25(24-7-9-34-29(20)24)19-36-11-8-31(14-21(15-31)17-32)16-26(36)22-3-5-23(6-4-22)30(37)35-18-28-33-10-12-39-28/h3-7,9-10,12-13,21,26,34H,8,11,14-16,18-19H2,1-2H3,(H,35,37). The summed E-state index contributed by atoms with van der Waals surface area (Å²) in [6.07, 6.45) is 7.84. The lowest BCUT2D eigenvalue weighted by atomic mass is 9.56. The number of rotatable bonds is 7. The summed E-state index contributed by atoms with van der Waals surface area (Å²) in [5, 5.41) is 16.4. The second kappa shape index (κ2) is 10.5. The van der Waals surface area contributed by atoms with Crippen molar-refractivity contribution in [2.45, 2.75) is 51.7 Å². The molecule has 6 rings (SSSR count). The summed E-state index contributed by atoms with van der Waals surface area (Å²) in [5.74, 6) is 1.00. The molecular weight excluding hydrogens is 506 g/mol. The van der Waals surface area contributed by atoms with E-state index in [4.69, 9.17) is 4.74 Å². The number of methoxy groups -OCH3 is 1. The first-order valence-corrected chi connectivity index (χ1v) is 14.4. The number of fused-ring (bicyclic) bond motifs is 1. The Morgan fingerprint density at radius 1 is 1.28 bits per heavy atom. The summed E-state index contributed by atoms with van der Waals surface area (Å²) in [4.78, 5) is 23.0. The molecule has 2 aromatic carbocycles. The number of aryl methyl sites for hydroxylation is 1. The van der Waals surface area contributed by atoms with E-state index < -0.39 is 0 Å². The van der Waals surface area contributed by atoms with Gasteiger partial charge in [-0.2, -0.15) is 5.26 Å². The van der Waals surface area contributed by atoms with E-state index in [-0.39, 0.29) is 23.3 Å². The second-order valence-corrected chi connectivity index (χ2v) is 12.0. The van der Waals surface area contributed by atoms with E-state index in [1.54, 1.807) is 13.3 Å². The molecule has 1 atom stereocenters. The summed E-state index contributed by atoms with van der Waals surface area (Å²) >= 11 is 1.53. The van der Waals surface area contributed by atoms with Crippen molar-refractivity contribution in [3.05, 3.63) is 81.4 Å². The molecular formula is C31H33N5O2S. The van der Waals surface area contributed by atoms with Crippen LogP contribution in [0.15, 0.2) is 54.2 Å². The molecule has 39 heavy (non-hydrogen) atoms. The molecule has 1 saturated carbocycles. The highest BCUT2D eigenvalue weighted by Crippen LogP contribution is 2.56. The van der Waals surface area contributed by atoms with Crippen molar-refractivity contribution < 1.29 is 9.53 Å². The van der Waals surface area contributed by atoms with E-state index in [0.717, 1.165) is 55.0 Å². The molecule has 2 aromatic heterocycles. The van der Waals surface area contributed by atoms with Crippen molar-refractivity contribution in [3.63, 3.8) is 0 Å². The van der Waals surface area contributed by atoms with Crippen molar-refractivity contribution in [2.75, 3.05) is 13.7 Å². The van der Waals surface area contributed by atoms with Crippen LogP contribution in [0.25, 0.3) is 10.9 Å². The Balaban J connectivity index is 1.26. The third-order valence-electron chi connectivity index (χ3n) is 8.67. The number of aromatic amines is 1. The van der Waals surface area contributed by atoms with E-state index in [9.17, 15) is 10.1 Å². The van der Waals surface area contributed by atoms with Crippen molar-refractivity contribution in [1.82, 2.24) is 20.2 Å². The summed E-state index contributed by atoms with van der Waals surface area (Å²) in [6, 6.07) is 15.0. The molecule has 7 nitrogen and oxygen atoms in total. The van der Waals surface area contributed by atoms with Gasteiger partial charge in [0, 0.05) is 58.3 Å². The zero-order valence-electron chi connectivity index (χ0n) is 22.4. The topological polar surface area (TPSA) is 94.0 Å². The van der Waals surface area contributed by atoms with Gasteiger partial charge in [-0.05, 0) is 80.0 Å². The van der Waals surface area contributed by atoms with Crippen LogP contribution >= 0.6 is 11.3 Å². The minimum atomic E-state index is -0.0937. The molecule has 1 amide bonds. The maximum atomic E-state index is 12.8. The number of carbonyl (C=O) groups excluding carboxylic acids is 1. The van der Waals surface area contributed by atoms with Gasteiger partial charge in [0.05, 0.1) is 19.7 Å². The van der Waals surface area contributed by atoms with Gasteiger partial charge in [-0.3, -0.25) is 9.69 Å². The molecule has 1 spiro atoms. The monoisotopic (exact) mass is 539 g/mol. The molecule has 2 aliphatic rings. The fourth-order valence-electron chi connectivity index (χ4n) is 6.58. The number of benzene rings is 2. The predicted molar refractivity (Wildman–Crippen MR) is 152 cm³/mol. The minimum Gasteiger partial charge on any atom is -0.496 e. The molecule has 0 radical (unpaired) electrons. The molecule has 0 bridgehead atoms. The van der Waals surface area contributed by atoms with Gasteiger partial charge in [0.1, 0.15) is 10.8 Å². The number of piperidine rings is 1. The maximum Gasteiger partial charge on any atom is 0.251 e. The number of nitrogens with one attached hydrogen (secondary N) is 2. The highest BCUT2D eigenvalue weighted by molar-refractivity contribution is 7.09. The van der Waals surface area contributed by atoms with E-state index >= 15 is 0 Å². The van der Waals surface area contributed by atoms with Crippen molar-refractivity contribution in [3.8, 4) is 11.8 Å². The normalized spacial score (nSPS) is 22.9. The number of nitrogens with zero attached hydrogens (tertiary/aromatic N) is 3. The van der Waals surface area contributed by atoms with Crippen LogP contribution in [0, 0.1) is 29.6 Å². The number of H-pyrrole nitrogens is 1. The van der Waals surface area contributed by atoms with E-state index in [1.807, 2.05) is 23.7 Å². The molecule has 8 heteroatoms. The van der Waals surface area contributed by atoms with Crippen LogP contribution in [0.1, 0.15) is 63.8 Å². The van der Waals surface area contributed by atoms with Crippen LogP contribution in [0.3, 0.4) is 0 Å². The van der Waals surface area contributed by atoms with Crippen LogP contribution in [0.5, 0.6) is 5.75 Å². The van der Waals surface area contributed by atoms with Gasteiger partial charge in [0.15, 0.2) is 0 Å². The number of nitriles is 1. The first-order chi connectivity index (χ1) is 19.0. The van der Waals surface area contributed by atoms with E-state index in [1.165, 1.54) is 33.4 Å². The van der Waals surface area contributed by atoms with E-state index in [2.05, 4.69) is 57.4 Å². The molecule has 1 aliphatic carbocycles. The van der Waals surface area contributed by atoms with Gasteiger partial charge in [0.2, 0.25) is 0 Å². The van der Waals surface area contributed by atoms with Gasteiger partial charge < -0.3 is 15.0 Å². The Kier molecular flexibility index (Phi) is 6.88. The quantitative estimate of drug-likeness (QED) is 0.295. The van der Waals surface area contributed by atoms with Gasteiger partial charge in [-0.1, -0.05) is 12.1 Å². The number of carbonyl (C=O) groups is 1. The van der Waals surface area contributed by atoms with Crippen molar-refractivity contribution in [1.29, 1.82) is 5.26 Å². The maximum absolute atomic E-state index is 12.8. The lowest BCUT2D eigenvalue weighted by molar-refractivity contribution is -0.0298. The summed E-state index contributed by atoms with van der Waals surface area (Å²) in [6.45, 7) is 4.27. The van der Waals surface area contributed by atoms with E-state index in [0.29, 0.717) is 12.1 Å². The molecule has 2 fully saturated rings. The van der Waals surface area contributed by atoms with Crippen molar-refractivity contribution in [2.24, 2.45) is 11.3 Å². The van der Waals surface area contributed by atoms with Crippen LogP contribution in [-0.2, 0) is 13.1 Å². The third kappa shape index (κ3) is 4.93. The highest BCUT2D eigenvalue weighted by atomic mass is 32.1. The molecule has 3 heterocycles. The summed E-state index contributed by atoms with van der Waals surface area (Å²) in [7, 11) is 1.74. The molecule has 2 N–H and O–H groups in total. The molecule has 1 unspecified atom stereocenters. The van der Waals surface area contributed by atoms with Crippen molar-refractivity contribution >= 4 is 28.1 Å². The molecule has 1 aliphatic heterocycles. The molecule has 200 valence electrons. The fraction of sp³-hybridized carbons (Fsp3) is 0.387. The Labute approximate surface area is 232 Å². The number of hydrogen-bond donors (Lipinski definition) is 2. The van der Waals surface area contributed by atoms with Crippen LogP contribution in [0.2, 0.25) is 0 Å². The second-order valence-electron chi connectivity index (χ2n) is 11.0. The SMILES string of the molecule is COc1cc(C)c2[nH]ccc2c1CN1CCC2(CC(C#N)C2)CC1c1ccc(C(=O)NCc2nccs2)cc1. The first kappa shape index (κ1) is 25.6. The lowest BCUT2D eigenvalue weighted by Gasteiger charge is -2.53. The average molecular weight is 540 g/mol. The largest absolute Gasteiger partial charge is 0.496 e. The highest BCUT2D eigenvalue weighted by Gasteiger charge is 2.49. The minimum absolute atomic E-state index is 0.0937. The number of hydrogen-bond acceptors (Lipinski definition) is 6. The Hall–Kier alpha value is -3.67. The number of ether oxygens (including phenoxy) is 1. The Morgan fingerprint density at radius 2 is 2.10 bits per heavy atom. The summed E-state index contributed by atoms with van der Waals surface area (Å²) in [5.41, 5.74) is 5.61. The number of thiazole rings is 1. The lowest BCUT2D eigenvalue weighted by Crippen LogP contribution is -2.48. The Morgan fingerprint density at radius 3 is 2.82 bits per heavy atom. The smallest absolute Gasteiger partial charge is 0.251 e.